The second-order valence-electron chi connectivity index (χ2n) is 8.56. The maximum Gasteiger partial charge on any atom is 0.417 e. The number of hydrogen-bond donors (Lipinski definition) is 1. The summed E-state index contributed by atoms with van der Waals surface area (Å²) in [7, 11) is -4.28. The Morgan fingerprint density at radius 2 is 1.71 bits per heavy atom. The van der Waals surface area contributed by atoms with E-state index in [0.717, 1.165) is 35.7 Å². The van der Waals surface area contributed by atoms with E-state index in [2.05, 4.69) is 19.2 Å². The van der Waals surface area contributed by atoms with Crippen LogP contribution in [-0.2, 0) is 21.0 Å². The first kappa shape index (κ1) is 25.6. The highest BCUT2D eigenvalue weighted by Gasteiger charge is 2.40. The molecule has 1 heterocycles. The van der Waals surface area contributed by atoms with Crippen LogP contribution in [0.5, 0.6) is 0 Å². The van der Waals surface area contributed by atoms with Crippen LogP contribution >= 0.6 is 0 Å². The summed E-state index contributed by atoms with van der Waals surface area (Å²) in [6.07, 6.45) is 1.35. The van der Waals surface area contributed by atoms with Crippen molar-refractivity contribution in [3.8, 4) is 0 Å². The number of hydrogen-bond acceptors (Lipinski definition) is 3. The third-order valence-electron chi connectivity index (χ3n) is 5.64. The summed E-state index contributed by atoms with van der Waals surface area (Å²) in [4.78, 5) is 11.6. The van der Waals surface area contributed by atoms with Crippen LogP contribution in [0.25, 0.3) is 0 Å². The predicted octanol–water partition coefficient (Wildman–Crippen LogP) is 4.83. The monoisotopic (exact) mass is 462 g/mol. The van der Waals surface area contributed by atoms with Gasteiger partial charge in [-0.05, 0) is 37.3 Å². The van der Waals surface area contributed by atoms with Crippen LogP contribution in [0, 0.1) is 11.8 Å². The molecule has 9 heteroatoms. The lowest BCUT2D eigenvalue weighted by atomic mass is 9.97. The van der Waals surface area contributed by atoms with E-state index in [4.69, 9.17) is 0 Å². The van der Waals surface area contributed by atoms with Crippen LogP contribution in [0.1, 0.15) is 64.4 Å². The molecular weight excluding hydrogens is 429 g/mol. The van der Waals surface area contributed by atoms with E-state index in [1.165, 1.54) is 25.0 Å². The van der Waals surface area contributed by atoms with Crippen molar-refractivity contribution in [3.63, 3.8) is 0 Å². The molecule has 1 aromatic rings. The van der Waals surface area contributed by atoms with E-state index in [1.54, 1.807) is 0 Å². The van der Waals surface area contributed by atoms with E-state index in [0.29, 0.717) is 25.3 Å². The maximum atomic E-state index is 13.2. The fraction of sp³-hybridized carbons (Fsp3) is 0.682. The third kappa shape index (κ3) is 7.49. The highest BCUT2D eigenvalue weighted by molar-refractivity contribution is 7.89. The van der Waals surface area contributed by atoms with Gasteiger partial charge in [0.05, 0.1) is 10.5 Å². The minimum absolute atomic E-state index is 0.0296. The molecule has 0 unspecified atom stereocenters. The van der Waals surface area contributed by atoms with E-state index in [1.807, 2.05) is 0 Å². The molecule has 0 bridgehead atoms. The topological polar surface area (TPSA) is 66.5 Å². The van der Waals surface area contributed by atoms with Crippen LogP contribution in [-0.4, -0.2) is 38.3 Å². The molecule has 0 saturated carbocycles. The van der Waals surface area contributed by atoms with Crippen molar-refractivity contribution in [1.82, 2.24) is 9.62 Å². The fourth-order valence-electron chi connectivity index (χ4n) is 3.81. The van der Waals surface area contributed by atoms with Crippen molar-refractivity contribution < 1.29 is 26.4 Å². The van der Waals surface area contributed by atoms with Crippen LogP contribution in [0.3, 0.4) is 0 Å². The Morgan fingerprint density at radius 3 is 2.32 bits per heavy atom. The molecule has 0 radical (unpaired) electrons. The average Bonchev–Trinajstić information content (AvgIpc) is 2.72. The highest BCUT2D eigenvalue weighted by Crippen LogP contribution is 2.36. The van der Waals surface area contributed by atoms with Gasteiger partial charge >= 0.3 is 6.18 Å². The molecule has 0 aromatic heterocycles. The Labute approximate surface area is 183 Å². The summed E-state index contributed by atoms with van der Waals surface area (Å²) >= 11 is 0. The fourth-order valence-corrected chi connectivity index (χ4v) is 5.49. The highest BCUT2D eigenvalue weighted by atomic mass is 32.2. The van der Waals surface area contributed by atoms with E-state index in [9.17, 15) is 26.4 Å². The summed E-state index contributed by atoms with van der Waals surface area (Å²) in [5.41, 5.74) is -1.16. The Hall–Kier alpha value is -1.61. The lowest BCUT2D eigenvalue weighted by Crippen LogP contribution is -2.43. The Bertz CT molecular complexity index is 818. The first-order valence-electron chi connectivity index (χ1n) is 11.0. The molecule has 1 aliphatic heterocycles. The molecule has 0 aliphatic carbocycles. The molecule has 1 aliphatic rings. The number of benzene rings is 1. The van der Waals surface area contributed by atoms with Crippen molar-refractivity contribution >= 4 is 15.9 Å². The van der Waals surface area contributed by atoms with Crippen LogP contribution in [0.15, 0.2) is 29.2 Å². The van der Waals surface area contributed by atoms with Gasteiger partial charge in [0.15, 0.2) is 0 Å². The van der Waals surface area contributed by atoms with Gasteiger partial charge < -0.3 is 5.32 Å². The molecule has 1 fully saturated rings. The number of unbranched alkanes of at least 4 members (excludes halogenated alkanes) is 3. The Morgan fingerprint density at radius 1 is 1.10 bits per heavy atom. The van der Waals surface area contributed by atoms with E-state index < -0.39 is 26.7 Å². The Kier molecular flexibility index (Phi) is 9.36. The molecule has 1 amide bonds. The number of halogens is 3. The third-order valence-corrected chi connectivity index (χ3v) is 7.60. The van der Waals surface area contributed by atoms with Gasteiger partial charge in [-0.25, -0.2) is 8.42 Å². The number of rotatable bonds is 10. The summed E-state index contributed by atoms with van der Waals surface area (Å²) in [5.74, 6) is 0.288. The number of nitrogens with one attached hydrogen (secondary N) is 1. The largest absolute Gasteiger partial charge is 0.417 e. The molecule has 5 nitrogen and oxygen atoms in total. The van der Waals surface area contributed by atoms with Crippen molar-refractivity contribution in [3.05, 3.63) is 29.8 Å². The van der Waals surface area contributed by atoms with Crippen molar-refractivity contribution in [1.29, 1.82) is 0 Å². The lowest BCUT2D eigenvalue weighted by Gasteiger charge is -2.31. The molecule has 31 heavy (non-hydrogen) atoms. The van der Waals surface area contributed by atoms with Gasteiger partial charge in [0.25, 0.3) is 0 Å². The number of piperidine rings is 1. The van der Waals surface area contributed by atoms with Crippen molar-refractivity contribution in [2.24, 2.45) is 11.8 Å². The number of sulfonamides is 1. The van der Waals surface area contributed by atoms with Gasteiger partial charge in [0.1, 0.15) is 0 Å². The molecular formula is C22H33F3N2O3S. The number of carbonyl (C=O) groups is 1. The van der Waals surface area contributed by atoms with Crippen LogP contribution in [0.2, 0.25) is 0 Å². The molecule has 176 valence electrons. The molecule has 1 aromatic carbocycles. The first-order valence-corrected chi connectivity index (χ1v) is 12.4. The zero-order valence-electron chi connectivity index (χ0n) is 18.2. The summed E-state index contributed by atoms with van der Waals surface area (Å²) in [5, 5.41) is 2.91. The second kappa shape index (κ2) is 11.3. The Balaban J connectivity index is 1.82. The summed E-state index contributed by atoms with van der Waals surface area (Å²) < 4.78 is 66.3. The van der Waals surface area contributed by atoms with Gasteiger partial charge in [-0.15, -0.1) is 0 Å². The molecule has 2 rings (SSSR count). The lowest BCUT2D eigenvalue weighted by molar-refractivity contribution is -0.139. The number of amides is 1. The van der Waals surface area contributed by atoms with Gasteiger partial charge in [0, 0.05) is 25.6 Å². The smallest absolute Gasteiger partial charge is 0.356 e. The average molecular weight is 463 g/mol. The van der Waals surface area contributed by atoms with Gasteiger partial charge in [-0.3, -0.25) is 4.79 Å². The first-order chi connectivity index (χ1) is 14.5. The number of carbonyl (C=O) groups excluding carboxylic acids is 1. The standard InChI is InChI=1S/C22H33F3N2O3S/c1-17(2)9-5-3-4-8-14-26-21(28)18-12-15-27(16-13-18)31(29,30)20-11-7-6-10-19(20)22(23,24)25/h6-7,10-11,17-18H,3-5,8-9,12-16H2,1-2H3,(H,26,28). The normalized spacial score (nSPS) is 16.6. The van der Waals surface area contributed by atoms with Gasteiger partial charge in [-0.1, -0.05) is 51.7 Å². The van der Waals surface area contributed by atoms with Crippen LogP contribution in [0.4, 0.5) is 13.2 Å². The zero-order valence-corrected chi connectivity index (χ0v) is 19.1. The predicted molar refractivity (Wildman–Crippen MR) is 114 cm³/mol. The zero-order chi connectivity index (χ0) is 23.1. The molecule has 1 saturated heterocycles. The number of alkyl halides is 3. The van der Waals surface area contributed by atoms with E-state index >= 15 is 0 Å². The molecule has 1 N–H and O–H groups in total. The second-order valence-corrected chi connectivity index (χ2v) is 10.5. The minimum Gasteiger partial charge on any atom is -0.356 e. The van der Waals surface area contributed by atoms with Crippen molar-refractivity contribution in [2.75, 3.05) is 19.6 Å². The number of nitrogens with zero attached hydrogens (tertiary/aromatic N) is 1. The van der Waals surface area contributed by atoms with Crippen LogP contribution < -0.4 is 5.32 Å². The summed E-state index contributed by atoms with van der Waals surface area (Å²) in [6.45, 7) is 5.05. The van der Waals surface area contributed by atoms with Crippen molar-refractivity contribution in [2.45, 2.75) is 69.9 Å². The van der Waals surface area contributed by atoms with Gasteiger partial charge in [0.2, 0.25) is 15.9 Å². The quantitative estimate of drug-likeness (QED) is 0.507. The molecule has 0 spiro atoms. The SMILES string of the molecule is CC(C)CCCCCCNC(=O)C1CCN(S(=O)(=O)c2ccccc2C(F)(F)F)CC1. The minimum atomic E-state index is -4.75. The summed E-state index contributed by atoms with van der Waals surface area (Å²) in [6, 6.07) is 4.21. The van der Waals surface area contributed by atoms with E-state index in [-0.39, 0.29) is 24.9 Å². The molecule has 0 atom stereocenters. The maximum absolute atomic E-state index is 13.2. The van der Waals surface area contributed by atoms with Gasteiger partial charge in [-0.2, -0.15) is 17.5 Å².